The number of carbonyl (C=O) groups excluding carboxylic acids is 2. The predicted octanol–water partition coefficient (Wildman–Crippen LogP) is 0.314. The summed E-state index contributed by atoms with van der Waals surface area (Å²) in [5, 5.41) is 8.74. The molecule has 1 fully saturated rings. The fraction of sp³-hybridized carbons (Fsp3) is 0.467. The van der Waals surface area contributed by atoms with Crippen LogP contribution in [0.15, 0.2) is 24.3 Å². The first-order valence-corrected chi connectivity index (χ1v) is 7.00. The molecule has 1 aliphatic rings. The van der Waals surface area contributed by atoms with E-state index < -0.39 is 0 Å². The minimum atomic E-state index is -0.0899. The summed E-state index contributed by atoms with van der Waals surface area (Å²) in [6, 6.07) is 7.48. The van der Waals surface area contributed by atoms with Crippen LogP contribution >= 0.6 is 0 Å². The van der Waals surface area contributed by atoms with Gasteiger partial charge in [-0.25, -0.2) is 0 Å². The van der Waals surface area contributed by atoms with Crippen molar-refractivity contribution >= 4 is 11.8 Å². The SMILES string of the molecule is CNC(=O)c1cccc(CCNC(=O)C2CCNC2)c1. The van der Waals surface area contributed by atoms with Crippen LogP contribution in [0.2, 0.25) is 0 Å². The van der Waals surface area contributed by atoms with Crippen LogP contribution in [-0.2, 0) is 11.2 Å². The molecule has 2 amide bonds. The molecule has 1 heterocycles. The van der Waals surface area contributed by atoms with Crippen molar-refractivity contribution in [2.24, 2.45) is 5.92 Å². The van der Waals surface area contributed by atoms with Gasteiger partial charge in [-0.2, -0.15) is 0 Å². The minimum absolute atomic E-state index is 0.0899. The molecule has 0 aromatic heterocycles. The first-order valence-electron chi connectivity index (χ1n) is 7.00. The fourth-order valence-electron chi connectivity index (χ4n) is 2.37. The number of carbonyl (C=O) groups is 2. The van der Waals surface area contributed by atoms with Gasteiger partial charge in [0.05, 0.1) is 5.92 Å². The van der Waals surface area contributed by atoms with E-state index in [0.29, 0.717) is 12.1 Å². The Balaban J connectivity index is 1.81. The lowest BCUT2D eigenvalue weighted by Gasteiger charge is -2.10. The van der Waals surface area contributed by atoms with E-state index in [1.807, 2.05) is 18.2 Å². The monoisotopic (exact) mass is 275 g/mol. The lowest BCUT2D eigenvalue weighted by Crippen LogP contribution is -2.33. The van der Waals surface area contributed by atoms with Gasteiger partial charge >= 0.3 is 0 Å². The van der Waals surface area contributed by atoms with Gasteiger partial charge in [-0.05, 0) is 37.1 Å². The van der Waals surface area contributed by atoms with E-state index in [0.717, 1.165) is 31.5 Å². The van der Waals surface area contributed by atoms with E-state index in [4.69, 9.17) is 0 Å². The van der Waals surface area contributed by atoms with E-state index in [9.17, 15) is 9.59 Å². The molecule has 3 N–H and O–H groups in total. The van der Waals surface area contributed by atoms with E-state index >= 15 is 0 Å². The molecule has 0 spiro atoms. The van der Waals surface area contributed by atoms with Crippen molar-refractivity contribution in [3.05, 3.63) is 35.4 Å². The molecule has 0 saturated carbocycles. The molecule has 5 nitrogen and oxygen atoms in total. The molecule has 1 saturated heterocycles. The van der Waals surface area contributed by atoms with Crippen molar-refractivity contribution in [2.75, 3.05) is 26.7 Å². The third-order valence-corrected chi connectivity index (χ3v) is 3.56. The number of hydrogen-bond acceptors (Lipinski definition) is 3. The lowest BCUT2D eigenvalue weighted by molar-refractivity contribution is -0.124. The van der Waals surface area contributed by atoms with Gasteiger partial charge in [0.25, 0.3) is 5.91 Å². The molecule has 1 atom stereocenters. The summed E-state index contributed by atoms with van der Waals surface area (Å²) in [4.78, 5) is 23.4. The second-order valence-corrected chi connectivity index (χ2v) is 5.01. The smallest absolute Gasteiger partial charge is 0.251 e. The zero-order valence-corrected chi connectivity index (χ0v) is 11.7. The molecule has 0 bridgehead atoms. The summed E-state index contributed by atoms with van der Waals surface area (Å²) in [6.07, 6.45) is 1.65. The Kier molecular flexibility index (Phi) is 5.12. The zero-order chi connectivity index (χ0) is 14.4. The van der Waals surface area contributed by atoms with Crippen LogP contribution in [0.5, 0.6) is 0 Å². The van der Waals surface area contributed by atoms with Crippen LogP contribution in [0.25, 0.3) is 0 Å². The van der Waals surface area contributed by atoms with Gasteiger partial charge in [-0.1, -0.05) is 12.1 Å². The predicted molar refractivity (Wildman–Crippen MR) is 77.5 cm³/mol. The van der Waals surface area contributed by atoms with Crippen molar-refractivity contribution in [1.82, 2.24) is 16.0 Å². The molecule has 5 heteroatoms. The molecule has 1 aromatic carbocycles. The first-order chi connectivity index (χ1) is 9.70. The zero-order valence-electron chi connectivity index (χ0n) is 11.7. The molecule has 1 aliphatic heterocycles. The maximum atomic E-state index is 11.8. The standard InChI is InChI=1S/C15H21N3O2/c1-16-14(19)12-4-2-3-11(9-12)5-8-18-15(20)13-6-7-17-10-13/h2-4,9,13,17H,5-8,10H2,1H3,(H,16,19)(H,18,20). The number of benzene rings is 1. The number of amides is 2. The van der Waals surface area contributed by atoms with E-state index in [2.05, 4.69) is 16.0 Å². The fourth-order valence-corrected chi connectivity index (χ4v) is 2.37. The Bertz CT molecular complexity index is 482. The summed E-state index contributed by atoms with van der Waals surface area (Å²) in [7, 11) is 1.62. The molecule has 20 heavy (non-hydrogen) atoms. The first kappa shape index (κ1) is 14.5. The molecule has 108 valence electrons. The van der Waals surface area contributed by atoms with Crippen LogP contribution < -0.4 is 16.0 Å². The summed E-state index contributed by atoms with van der Waals surface area (Å²) >= 11 is 0. The maximum Gasteiger partial charge on any atom is 0.251 e. The summed E-state index contributed by atoms with van der Waals surface area (Å²) in [6.45, 7) is 2.30. The third-order valence-electron chi connectivity index (χ3n) is 3.56. The number of nitrogens with one attached hydrogen (secondary N) is 3. The van der Waals surface area contributed by atoms with Gasteiger partial charge < -0.3 is 16.0 Å². The summed E-state index contributed by atoms with van der Waals surface area (Å²) in [5.41, 5.74) is 1.70. The van der Waals surface area contributed by atoms with Crippen molar-refractivity contribution < 1.29 is 9.59 Å². The normalized spacial score (nSPS) is 17.8. The van der Waals surface area contributed by atoms with Gasteiger partial charge in [-0.15, -0.1) is 0 Å². The quantitative estimate of drug-likeness (QED) is 0.724. The van der Waals surface area contributed by atoms with Crippen molar-refractivity contribution in [3.63, 3.8) is 0 Å². The molecule has 1 unspecified atom stereocenters. The Hall–Kier alpha value is -1.88. The third kappa shape index (κ3) is 3.81. The Morgan fingerprint density at radius 3 is 2.95 bits per heavy atom. The highest BCUT2D eigenvalue weighted by molar-refractivity contribution is 5.94. The second-order valence-electron chi connectivity index (χ2n) is 5.01. The average molecular weight is 275 g/mol. The van der Waals surface area contributed by atoms with E-state index in [-0.39, 0.29) is 17.7 Å². The Morgan fingerprint density at radius 1 is 1.40 bits per heavy atom. The molecular weight excluding hydrogens is 254 g/mol. The largest absolute Gasteiger partial charge is 0.355 e. The molecule has 2 rings (SSSR count). The van der Waals surface area contributed by atoms with Gasteiger partial charge in [0.1, 0.15) is 0 Å². The van der Waals surface area contributed by atoms with Crippen LogP contribution in [0.4, 0.5) is 0 Å². The molecule has 0 radical (unpaired) electrons. The Labute approximate surface area is 119 Å². The molecule has 0 aliphatic carbocycles. The highest BCUT2D eigenvalue weighted by atomic mass is 16.2. The van der Waals surface area contributed by atoms with Gasteiger partial charge in [0.15, 0.2) is 0 Å². The van der Waals surface area contributed by atoms with Crippen LogP contribution in [0, 0.1) is 5.92 Å². The maximum absolute atomic E-state index is 11.8. The van der Waals surface area contributed by atoms with E-state index in [1.165, 1.54) is 0 Å². The topological polar surface area (TPSA) is 70.2 Å². The van der Waals surface area contributed by atoms with Crippen LogP contribution in [0.1, 0.15) is 22.3 Å². The summed E-state index contributed by atoms with van der Waals surface area (Å²) in [5.74, 6) is 0.137. The lowest BCUT2D eigenvalue weighted by atomic mass is 10.1. The van der Waals surface area contributed by atoms with E-state index in [1.54, 1.807) is 13.1 Å². The summed E-state index contributed by atoms with van der Waals surface area (Å²) < 4.78 is 0. The van der Waals surface area contributed by atoms with Crippen molar-refractivity contribution in [2.45, 2.75) is 12.8 Å². The van der Waals surface area contributed by atoms with Crippen LogP contribution in [0.3, 0.4) is 0 Å². The minimum Gasteiger partial charge on any atom is -0.355 e. The Morgan fingerprint density at radius 2 is 2.25 bits per heavy atom. The van der Waals surface area contributed by atoms with Gasteiger partial charge in [0.2, 0.25) is 5.91 Å². The van der Waals surface area contributed by atoms with Crippen molar-refractivity contribution in [3.8, 4) is 0 Å². The highest BCUT2D eigenvalue weighted by Gasteiger charge is 2.21. The highest BCUT2D eigenvalue weighted by Crippen LogP contribution is 2.08. The molecule has 1 aromatic rings. The van der Waals surface area contributed by atoms with Gasteiger partial charge in [0, 0.05) is 25.7 Å². The second kappa shape index (κ2) is 7.05. The number of hydrogen-bond donors (Lipinski definition) is 3. The average Bonchev–Trinajstić information content (AvgIpc) is 3.01. The molecular formula is C15H21N3O2. The van der Waals surface area contributed by atoms with Gasteiger partial charge in [-0.3, -0.25) is 9.59 Å². The van der Waals surface area contributed by atoms with Crippen molar-refractivity contribution in [1.29, 1.82) is 0 Å². The van der Waals surface area contributed by atoms with Crippen LogP contribution in [-0.4, -0.2) is 38.5 Å². The number of rotatable bonds is 5.